The largest absolute Gasteiger partial charge is 0.373 e. The molecule has 0 amide bonds. The number of guanidine groups is 1. The summed E-state index contributed by atoms with van der Waals surface area (Å²) >= 11 is 0. The van der Waals surface area contributed by atoms with Crippen molar-refractivity contribution in [2.75, 3.05) is 20.1 Å². The number of nitrogens with zero attached hydrogens (tertiary/aromatic N) is 2. The molecule has 134 valence electrons. The number of rotatable bonds is 4. The predicted octanol–water partition coefficient (Wildman–Crippen LogP) is 2.35. The average molecular weight is 436 g/mol. The molecule has 3 saturated heterocycles. The van der Waals surface area contributed by atoms with Crippen molar-refractivity contribution < 1.29 is 4.74 Å². The summed E-state index contributed by atoms with van der Waals surface area (Å²) in [5.41, 5.74) is 0. The summed E-state index contributed by atoms with van der Waals surface area (Å²) < 4.78 is 5.91. The van der Waals surface area contributed by atoms with E-state index in [1.54, 1.807) is 0 Å². The monoisotopic (exact) mass is 436 g/mol. The van der Waals surface area contributed by atoms with Crippen LogP contribution in [0.2, 0.25) is 0 Å². The third-order valence-corrected chi connectivity index (χ3v) is 5.64. The molecule has 0 saturated carbocycles. The molecule has 0 aliphatic carbocycles. The first-order valence-corrected chi connectivity index (χ1v) is 9.05. The molecule has 2 N–H and O–H groups in total. The Hall–Kier alpha value is -0.0800. The standard InChI is InChI=1S/C17H32N4O.HI/c1-12-6-4-5-9-21(12)13(2)11-19-17(18-3)20-15-10-14-7-8-16(15)22-14;/h12-16H,4-11H2,1-3H3,(H2,18,19,20);1H. The number of halogens is 1. The molecule has 5 unspecified atom stereocenters. The second kappa shape index (κ2) is 8.85. The Labute approximate surface area is 158 Å². The molecule has 0 spiro atoms. The number of aliphatic imine (C=N–C) groups is 1. The van der Waals surface area contributed by atoms with E-state index in [1.165, 1.54) is 38.6 Å². The molecular weight excluding hydrogens is 403 g/mol. The van der Waals surface area contributed by atoms with Gasteiger partial charge in [-0.15, -0.1) is 24.0 Å². The fraction of sp³-hybridized carbons (Fsp3) is 0.941. The first-order chi connectivity index (χ1) is 10.7. The van der Waals surface area contributed by atoms with Crippen LogP contribution in [0.3, 0.4) is 0 Å². The lowest BCUT2D eigenvalue weighted by Crippen LogP contribution is -2.52. The highest BCUT2D eigenvalue weighted by atomic mass is 127. The van der Waals surface area contributed by atoms with Crippen LogP contribution in [0.1, 0.15) is 52.4 Å². The third kappa shape index (κ3) is 4.72. The molecule has 2 bridgehead atoms. The maximum Gasteiger partial charge on any atom is 0.191 e. The van der Waals surface area contributed by atoms with Gasteiger partial charge in [-0.3, -0.25) is 9.89 Å². The molecule has 3 rings (SSSR count). The molecular formula is C17H33IN4O. The Bertz CT molecular complexity index is 406. The van der Waals surface area contributed by atoms with E-state index in [4.69, 9.17) is 4.74 Å². The number of piperidine rings is 1. The first-order valence-electron chi connectivity index (χ1n) is 9.05. The summed E-state index contributed by atoms with van der Waals surface area (Å²) in [6, 6.07) is 1.69. The van der Waals surface area contributed by atoms with E-state index in [2.05, 4.69) is 34.4 Å². The van der Waals surface area contributed by atoms with Gasteiger partial charge in [0.2, 0.25) is 0 Å². The summed E-state index contributed by atoms with van der Waals surface area (Å²) in [7, 11) is 1.86. The Morgan fingerprint density at radius 2 is 2.13 bits per heavy atom. The van der Waals surface area contributed by atoms with Crippen molar-refractivity contribution in [1.82, 2.24) is 15.5 Å². The normalized spacial score (nSPS) is 35.7. The number of ether oxygens (including phenoxy) is 1. The van der Waals surface area contributed by atoms with E-state index in [-0.39, 0.29) is 24.0 Å². The van der Waals surface area contributed by atoms with Crippen LogP contribution in [-0.2, 0) is 4.74 Å². The highest BCUT2D eigenvalue weighted by Gasteiger charge is 2.41. The summed E-state index contributed by atoms with van der Waals surface area (Å²) in [6.07, 6.45) is 8.48. The van der Waals surface area contributed by atoms with Gasteiger partial charge in [0.15, 0.2) is 5.96 Å². The molecule has 23 heavy (non-hydrogen) atoms. The van der Waals surface area contributed by atoms with Gasteiger partial charge in [0.1, 0.15) is 0 Å². The summed E-state index contributed by atoms with van der Waals surface area (Å²) in [5, 5.41) is 7.08. The van der Waals surface area contributed by atoms with E-state index < -0.39 is 0 Å². The van der Waals surface area contributed by atoms with Crippen LogP contribution < -0.4 is 10.6 Å². The molecule has 3 fully saturated rings. The number of nitrogens with one attached hydrogen (secondary N) is 2. The number of hydrogen-bond acceptors (Lipinski definition) is 3. The second-order valence-corrected chi connectivity index (χ2v) is 7.25. The van der Waals surface area contributed by atoms with E-state index in [9.17, 15) is 0 Å². The lowest BCUT2D eigenvalue weighted by Gasteiger charge is -2.38. The number of fused-ring (bicyclic) bond motifs is 2. The fourth-order valence-electron chi connectivity index (χ4n) is 4.30. The number of likely N-dealkylation sites (tertiary alicyclic amines) is 1. The molecule has 3 heterocycles. The lowest BCUT2D eigenvalue weighted by molar-refractivity contribution is 0.0991. The lowest BCUT2D eigenvalue weighted by atomic mass is 9.96. The molecule has 0 aromatic heterocycles. The van der Waals surface area contributed by atoms with Gasteiger partial charge in [-0.2, -0.15) is 0 Å². The summed E-state index contributed by atoms with van der Waals surface area (Å²) in [5.74, 6) is 0.928. The van der Waals surface area contributed by atoms with Crippen molar-refractivity contribution in [2.45, 2.75) is 82.7 Å². The van der Waals surface area contributed by atoms with Crippen LogP contribution >= 0.6 is 24.0 Å². The Kier molecular flexibility index (Phi) is 7.41. The van der Waals surface area contributed by atoms with Gasteiger partial charge in [-0.25, -0.2) is 0 Å². The number of hydrogen-bond donors (Lipinski definition) is 2. The maximum absolute atomic E-state index is 5.91. The van der Waals surface area contributed by atoms with Crippen LogP contribution in [-0.4, -0.2) is 61.3 Å². The molecule has 5 nitrogen and oxygen atoms in total. The van der Waals surface area contributed by atoms with Crippen molar-refractivity contribution in [2.24, 2.45) is 4.99 Å². The van der Waals surface area contributed by atoms with Crippen LogP contribution in [0.15, 0.2) is 4.99 Å². The van der Waals surface area contributed by atoms with Gasteiger partial charge < -0.3 is 15.4 Å². The zero-order valence-corrected chi connectivity index (χ0v) is 17.1. The van der Waals surface area contributed by atoms with Gasteiger partial charge in [0, 0.05) is 25.7 Å². The molecule has 6 heteroatoms. The minimum Gasteiger partial charge on any atom is -0.373 e. The van der Waals surface area contributed by atoms with Crippen LogP contribution in [0, 0.1) is 0 Å². The summed E-state index contributed by atoms with van der Waals surface area (Å²) in [4.78, 5) is 7.02. The van der Waals surface area contributed by atoms with E-state index >= 15 is 0 Å². The quantitative estimate of drug-likeness (QED) is 0.404. The molecule has 0 radical (unpaired) electrons. The van der Waals surface area contributed by atoms with Crippen molar-refractivity contribution >= 4 is 29.9 Å². The van der Waals surface area contributed by atoms with Gasteiger partial charge in [0.05, 0.1) is 18.2 Å². The predicted molar refractivity (Wildman–Crippen MR) is 106 cm³/mol. The fourth-order valence-corrected chi connectivity index (χ4v) is 4.30. The van der Waals surface area contributed by atoms with Gasteiger partial charge in [0.25, 0.3) is 0 Å². The SMILES string of the molecule is CN=C(NCC(C)N1CCCCC1C)NC1CC2CCC1O2.I. The summed E-state index contributed by atoms with van der Waals surface area (Å²) in [6.45, 7) is 6.86. The minimum absolute atomic E-state index is 0. The van der Waals surface area contributed by atoms with E-state index in [1.807, 2.05) is 7.05 Å². The van der Waals surface area contributed by atoms with Crippen LogP contribution in [0.25, 0.3) is 0 Å². The molecule has 0 aromatic carbocycles. The zero-order chi connectivity index (χ0) is 15.5. The maximum atomic E-state index is 5.91. The van der Waals surface area contributed by atoms with Gasteiger partial charge in [-0.05, 0) is 52.5 Å². The Balaban J connectivity index is 0.00000192. The van der Waals surface area contributed by atoms with Crippen molar-refractivity contribution in [3.8, 4) is 0 Å². The highest BCUT2D eigenvalue weighted by molar-refractivity contribution is 14.0. The van der Waals surface area contributed by atoms with Crippen molar-refractivity contribution in [1.29, 1.82) is 0 Å². The molecule has 0 aromatic rings. The second-order valence-electron chi connectivity index (χ2n) is 7.25. The van der Waals surface area contributed by atoms with Crippen molar-refractivity contribution in [3.63, 3.8) is 0 Å². The zero-order valence-electron chi connectivity index (χ0n) is 14.8. The third-order valence-electron chi connectivity index (χ3n) is 5.64. The van der Waals surface area contributed by atoms with Gasteiger partial charge in [-0.1, -0.05) is 6.42 Å². The van der Waals surface area contributed by atoms with Crippen molar-refractivity contribution in [3.05, 3.63) is 0 Å². The molecule has 3 aliphatic rings. The molecule has 5 atom stereocenters. The molecule has 3 aliphatic heterocycles. The Morgan fingerprint density at radius 3 is 2.74 bits per heavy atom. The van der Waals surface area contributed by atoms with E-state index in [0.29, 0.717) is 30.3 Å². The van der Waals surface area contributed by atoms with Crippen LogP contribution in [0.5, 0.6) is 0 Å². The van der Waals surface area contributed by atoms with E-state index in [0.717, 1.165) is 18.9 Å². The minimum atomic E-state index is 0. The average Bonchev–Trinajstić information content (AvgIpc) is 3.14. The first kappa shape index (κ1) is 19.2. The smallest absolute Gasteiger partial charge is 0.191 e. The van der Waals surface area contributed by atoms with Gasteiger partial charge >= 0.3 is 0 Å². The highest BCUT2D eigenvalue weighted by Crippen LogP contribution is 2.34. The Morgan fingerprint density at radius 1 is 1.30 bits per heavy atom. The van der Waals surface area contributed by atoms with Crippen LogP contribution in [0.4, 0.5) is 0 Å². The topological polar surface area (TPSA) is 48.9 Å².